The highest BCUT2D eigenvalue weighted by Gasteiger charge is 2.07. The third kappa shape index (κ3) is 3.07. The van der Waals surface area contributed by atoms with Crippen molar-refractivity contribution in [3.05, 3.63) is 53.5 Å². The fraction of sp³-hybridized carbons (Fsp3) is 0.154. The Bertz CT molecular complexity index is 391. The smallest absolute Gasteiger partial charge is 0.150 e. The Morgan fingerprint density at radius 3 is 2.31 bits per heavy atom. The number of hydrogen-bond acceptors (Lipinski definition) is 2. The molecule has 1 aromatic carbocycles. The standard InChI is InChI=1S/C13H14BrNO/c1-3-7-15(8-4-2)13-6-5-11(10-16)9-12(13)14/h3-6,9-10H,1-2,7-8H2. The molecule has 1 rings (SSSR count). The third-order valence-corrected chi connectivity index (χ3v) is 2.78. The lowest BCUT2D eigenvalue weighted by Gasteiger charge is -2.23. The van der Waals surface area contributed by atoms with E-state index in [1.807, 2.05) is 24.3 Å². The lowest BCUT2D eigenvalue weighted by molar-refractivity contribution is 0.112. The van der Waals surface area contributed by atoms with E-state index in [4.69, 9.17) is 0 Å². The average molecular weight is 280 g/mol. The van der Waals surface area contributed by atoms with Crippen LogP contribution in [0.1, 0.15) is 10.4 Å². The third-order valence-electron chi connectivity index (χ3n) is 2.15. The predicted octanol–water partition coefficient (Wildman–Crippen LogP) is 3.44. The van der Waals surface area contributed by atoms with Crippen molar-refractivity contribution in [1.29, 1.82) is 0 Å². The Kier molecular flexibility index (Phi) is 4.99. The highest BCUT2D eigenvalue weighted by atomic mass is 79.9. The van der Waals surface area contributed by atoms with Crippen LogP contribution in [0.25, 0.3) is 0 Å². The predicted molar refractivity (Wildman–Crippen MR) is 72.1 cm³/mol. The topological polar surface area (TPSA) is 20.3 Å². The van der Waals surface area contributed by atoms with Gasteiger partial charge in [-0.2, -0.15) is 0 Å². The van der Waals surface area contributed by atoms with E-state index in [0.717, 1.165) is 29.5 Å². The molecular formula is C13H14BrNO. The molecule has 84 valence electrons. The molecule has 0 atom stereocenters. The summed E-state index contributed by atoms with van der Waals surface area (Å²) in [7, 11) is 0. The van der Waals surface area contributed by atoms with Gasteiger partial charge in [0.05, 0.1) is 5.69 Å². The number of aldehydes is 1. The molecule has 0 amide bonds. The van der Waals surface area contributed by atoms with Gasteiger partial charge in [0, 0.05) is 23.1 Å². The molecule has 0 bridgehead atoms. The first-order valence-corrected chi connectivity index (χ1v) is 5.73. The first-order chi connectivity index (χ1) is 7.72. The maximum absolute atomic E-state index is 10.6. The number of nitrogens with zero attached hydrogens (tertiary/aromatic N) is 1. The van der Waals surface area contributed by atoms with Gasteiger partial charge in [-0.25, -0.2) is 0 Å². The van der Waals surface area contributed by atoms with Gasteiger partial charge in [0.25, 0.3) is 0 Å². The van der Waals surface area contributed by atoms with Crippen molar-refractivity contribution in [1.82, 2.24) is 0 Å². The summed E-state index contributed by atoms with van der Waals surface area (Å²) in [5.41, 5.74) is 1.69. The van der Waals surface area contributed by atoms with E-state index in [9.17, 15) is 4.79 Å². The zero-order valence-electron chi connectivity index (χ0n) is 9.03. The second-order valence-electron chi connectivity index (χ2n) is 3.31. The molecule has 0 saturated heterocycles. The lowest BCUT2D eigenvalue weighted by Crippen LogP contribution is -2.23. The van der Waals surface area contributed by atoms with Crippen molar-refractivity contribution < 1.29 is 4.79 Å². The number of halogens is 1. The molecule has 0 aromatic heterocycles. The Hall–Kier alpha value is -1.35. The fourth-order valence-electron chi connectivity index (χ4n) is 1.44. The van der Waals surface area contributed by atoms with Crippen molar-refractivity contribution >= 4 is 27.9 Å². The van der Waals surface area contributed by atoms with Crippen molar-refractivity contribution in [3.8, 4) is 0 Å². The molecule has 0 fully saturated rings. The SMILES string of the molecule is C=CCN(CC=C)c1ccc(C=O)cc1Br. The van der Waals surface area contributed by atoms with E-state index in [-0.39, 0.29) is 0 Å². The summed E-state index contributed by atoms with van der Waals surface area (Å²) in [6.07, 6.45) is 4.51. The van der Waals surface area contributed by atoms with Crippen molar-refractivity contribution in [2.45, 2.75) is 0 Å². The summed E-state index contributed by atoms with van der Waals surface area (Å²) in [6.45, 7) is 8.93. The van der Waals surface area contributed by atoms with Crippen LogP contribution in [-0.2, 0) is 0 Å². The fourth-order valence-corrected chi connectivity index (χ4v) is 2.08. The van der Waals surface area contributed by atoms with Gasteiger partial charge in [0.1, 0.15) is 6.29 Å². The van der Waals surface area contributed by atoms with Gasteiger partial charge >= 0.3 is 0 Å². The maximum Gasteiger partial charge on any atom is 0.150 e. The molecule has 0 spiro atoms. The minimum Gasteiger partial charge on any atom is -0.363 e. The van der Waals surface area contributed by atoms with Gasteiger partial charge in [-0.1, -0.05) is 12.2 Å². The Labute approximate surface area is 104 Å². The highest BCUT2D eigenvalue weighted by molar-refractivity contribution is 9.10. The van der Waals surface area contributed by atoms with Crippen LogP contribution in [0.2, 0.25) is 0 Å². The van der Waals surface area contributed by atoms with Crippen molar-refractivity contribution in [3.63, 3.8) is 0 Å². The van der Waals surface area contributed by atoms with Crippen molar-refractivity contribution in [2.24, 2.45) is 0 Å². The molecular weight excluding hydrogens is 266 g/mol. The van der Waals surface area contributed by atoms with Crippen LogP contribution < -0.4 is 4.90 Å². The van der Waals surface area contributed by atoms with Gasteiger partial charge in [-0.05, 0) is 34.1 Å². The van der Waals surface area contributed by atoms with Gasteiger partial charge in [-0.15, -0.1) is 13.2 Å². The van der Waals surface area contributed by atoms with E-state index in [2.05, 4.69) is 34.0 Å². The zero-order chi connectivity index (χ0) is 12.0. The van der Waals surface area contributed by atoms with E-state index < -0.39 is 0 Å². The second kappa shape index (κ2) is 6.28. The molecule has 0 unspecified atom stereocenters. The number of carbonyl (C=O) groups excluding carboxylic acids is 1. The molecule has 0 aliphatic carbocycles. The summed E-state index contributed by atoms with van der Waals surface area (Å²) < 4.78 is 0.904. The highest BCUT2D eigenvalue weighted by Crippen LogP contribution is 2.26. The lowest BCUT2D eigenvalue weighted by atomic mass is 10.2. The molecule has 0 radical (unpaired) electrons. The van der Waals surface area contributed by atoms with Crippen LogP contribution in [-0.4, -0.2) is 19.4 Å². The second-order valence-corrected chi connectivity index (χ2v) is 4.17. The molecule has 0 aliphatic heterocycles. The first kappa shape index (κ1) is 12.7. The summed E-state index contributed by atoms with van der Waals surface area (Å²) in [6, 6.07) is 5.52. The summed E-state index contributed by atoms with van der Waals surface area (Å²) in [5, 5.41) is 0. The molecule has 2 nitrogen and oxygen atoms in total. The van der Waals surface area contributed by atoms with Gasteiger partial charge in [0.2, 0.25) is 0 Å². The van der Waals surface area contributed by atoms with E-state index >= 15 is 0 Å². The zero-order valence-corrected chi connectivity index (χ0v) is 10.6. The van der Waals surface area contributed by atoms with Gasteiger partial charge in [0.15, 0.2) is 0 Å². The molecule has 0 aliphatic rings. The molecule has 0 N–H and O–H groups in total. The number of rotatable bonds is 6. The average Bonchev–Trinajstić information content (AvgIpc) is 2.29. The molecule has 16 heavy (non-hydrogen) atoms. The van der Waals surface area contributed by atoms with Crippen LogP contribution >= 0.6 is 15.9 Å². The van der Waals surface area contributed by atoms with Crippen molar-refractivity contribution in [2.75, 3.05) is 18.0 Å². The van der Waals surface area contributed by atoms with Crippen LogP contribution in [0.3, 0.4) is 0 Å². The normalized spacial score (nSPS) is 9.56. The maximum atomic E-state index is 10.6. The Morgan fingerprint density at radius 1 is 1.25 bits per heavy atom. The monoisotopic (exact) mass is 279 g/mol. The van der Waals surface area contributed by atoms with E-state index in [1.165, 1.54) is 0 Å². The summed E-state index contributed by atoms with van der Waals surface area (Å²) in [5.74, 6) is 0. The molecule has 1 aromatic rings. The summed E-state index contributed by atoms with van der Waals surface area (Å²) >= 11 is 3.46. The van der Waals surface area contributed by atoms with E-state index in [0.29, 0.717) is 5.56 Å². The number of hydrogen-bond donors (Lipinski definition) is 0. The van der Waals surface area contributed by atoms with E-state index in [1.54, 1.807) is 6.07 Å². The Morgan fingerprint density at radius 2 is 1.88 bits per heavy atom. The molecule has 0 heterocycles. The minimum atomic E-state index is 0.660. The quantitative estimate of drug-likeness (QED) is 0.587. The minimum absolute atomic E-state index is 0.660. The van der Waals surface area contributed by atoms with Crippen LogP contribution in [0.5, 0.6) is 0 Å². The van der Waals surface area contributed by atoms with Crippen LogP contribution in [0.15, 0.2) is 48.0 Å². The Balaban J connectivity index is 3.03. The number of benzene rings is 1. The summed E-state index contributed by atoms with van der Waals surface area (Å²) in [4.78, 5) is 12.7. The number of anilines is 1. The van der Waals surface area contributed by atoms with Gasteiger partial charge < -0.3 is 4.90 Å². The molecule has 0 saturated carbocycles. The number of carbonyl (C=O) groups is 1. The molecule has 3 heteroatoms. The van der Waals surface area contributed by atoms with Crippen LogP contribution in [0, 0.1) is 0 Å². The first-order valence-electron chi connectivity index (χ1n) is 4.94. The van der Waals surface area contributed by atoms with Crippen LogP contribution in [0.4, 0.5) is 5.69 Å². The van der Waals surface area contributed by atoms with Gasteiger partial charge in [-0.3, -0.25) is 4.79 Å². The largest absolute Gasteiger partial charge is 0.363 e.